The number of hydrogen-bond donors (Lipinski definition) is 1. The van der Waals surface area contributed by atoms with Crippen molar-refractivity contribution in [1.82, 2.24) is 10.2 Å². The zero-order valence-electron chi connectivity index (χ0n) is 14.5. The average molecular weight is 340 g/mol. The fourth-order valence-corrected chi connectivity index (χ4v) is 2.90. The third-order valence-corrected chi connectivity index (χ3v) is 4.15. The van der Waals surface area contributed by atoms with E-state index in [0.717, 1.165) is 16.3 Å². The van der Waals surface area contributed by atoms with Crippen LogP contribution in [-0.4, -0.2) is 37.6 Å². The second kappa shape index (κ2) is 6.84. The van der Waals surface area contributed by atoms with Crippen molar-refractivity contribution in [2.45, 2.75) is 13.3 Å². The van der Waals surface area contributed by atoms with Gasteiger partial charge in [-0.1, -0.05) is 19.1 Å². The molecule has 2 aromatic carbocycles. The molecule has 1 heterocycles. The summed E-state index contributed by atoms with van der Waals surface area (Å²) in [5.74, 6) is 0.993. The van der Waals surface area contributed by atoms with Crippen LogP contribution >= 0.6 is 0 Å². The predicted molar refractivity (Wildman–Crippen MR) is 95.6 cm³/mol. The van der Waals surface area contributed by atoms with Gasteiger partial charge in [-0.25, -0.2) is 4.79 Å². The highest BCUT2D eigenvalue weighted by Gasteiger charge is 2.33. The summed E-state index contributed by atoms with van der Waals surface area (Å²) in [6, 6.07) is 9.08. The third kappa shape index (κ3) is 3.03. The number of nitrogens with one attached hydrogen (secondary N) is 1. The summed E-state index contributed by atoms with van der Waals surface area (Å²) in [5.41, 5.74) is 0.966. The molecule has 6 heteroatoms. The lowest BCUT2D eigenvalue weighted by molar-refractivity contribution is -0.122. The molecule has 3 rings (SSSR count). The highest BCUT2D eigenvalue weighted by Crippen LogP contribution is 2.33. The van der Waals surface area contributed by atoms with E-state index in [9.17, 15) is 9.59 Å². The minimum Gasteiger partial charge on any atom is -0.497 e. The van der Waals surface area contributed by atoms with Gasteiger partial charge in [0.1, 0.15) is 17.2 Å². The molecule has 1 saturated heterocycles. The second-order valence-corrected chi connectivity index (χ2v) is 5.71. The van der Waals surface area contributed by atoms with Crippen LogP contribution in [0.15, 0.2) is 36.0 Å². The zero-order valence-corrected chi connectivity index (χ0v) is 14.5. The van der Waals surface area contributed by atoms with Gasteiger partial charge in [-0.3, -0.25) is 9.69 Å². The van der Waals surface area contributed by atoms with Crippen LogP contribution in [0.1, 0.15) is 18.9 Å². The number of carbonyl (C=O) groups excluding carboxylic acids is 2. The van der Waals surface area contributed by atoms with Gasteiger partial charge in [0.15, 0.2) is 0 Å². The predicted octanol–water partition coefficient (Wildman–Crippen LogP) is 3.16. The molecular weight excluding hydrogens is 320 g/mol. The van der Waals surface area contributed by atoms with Gasteiger partial charge in [-0.15, -0.1) is 0 Å². The number of urea groups is 1. The van der Waals surface area contributed by atoms with Crippen molar-refractivity contribution in [1.29, 1.82) is 0 Å². The molecule has 0 saturated carbocycles. The van der Waals surface area contributed by atoms with Gasteiger partial charge in [0.05, 0.1) is 14.2 Å². The van der Waals surface area contributed by atoms with Crippen molar-refractivity contribution in [2.75, 3.05) is 20.8 Å². The Morgan fingerprint density at radius 2 is 1.88 bits per heavy atom. The van der Waals surface area contributed by atoms with Crippen LogP contribution in [0.25, 0.3) is 16.8 Å². The van der Waals surface area contributed by atoms with Gasteiger partial charge in [0.2, 0.25) is 0 Å². The van der Waals surface area contributed by atoms with Crippen molar-refractivity contribution in [3.8, 4) is 11.5 Å². The molecule has 1 fully saturated rings. The molecule has 0 unspecified atom stereocenters. The number of rotatable bonds is 5. The maximum Gasteiger partial charge on any atom is 0.329 e. The molecule has 1 aliphatic heterocycles. The molecule has 130 valence electrons. The Morgan fingerprint density at radius 3 is 2.56 bits per heavy atom. The van der Waals surface area contributed by atoms with Crippen LogP contribution in [0, 0.1) is 0 Å². The van der Waals surface area contributed by atoms with Gasteiger partial charge < -0.3 is 14.8 Å². The fourth-order valence-electron chi connectivity index (χ4n) is 2.90. The SMILES string of the molecule is CCCN1C(=O)N/C(=C/c2c(OC)ccc3ccc(OC)cc23)C1=O. The molecule has 0 bridgehead atoms. The first-order valence-corrected chi connectivity index (χ1v) is 8.08. The van der Waals surface area contributed by atoms with Crippen molar-refractivity contribution in [2.24, 2.45) is 0 Å². The van der Waals surface area contributed by atoms with Crippen molar-refractivity contribution >= 4 is 28.8 Å². The topological polar surface area (TPSA) is 67.9 Å². The number of imide groups is 1. The number of carbonyl (C=O) groups is 2. The van der Waals surface area contributed by atoms with E-state index in [1.807, 2.05) is 37.3 Å². The molecule has 0 aromatic heterocycles. The van der Waals surface area contributed by atoms with E-state index < -0.39 is 6.03 Å². The van der Waals surface area contributed by atoms with E-state index in [4.69, 9.17) is 9.47 Å². The molecule has 1 N–H and O–H groups in total. The van der Waals surface area contributed by atoms with Crippen LogP contribution in [0.3, 0.4) is 0 Å². The van der Waals surface area contributed by atoms with Gasteiger partial charge in [-0.2, -0.15) is 0 Å². The monoisotopic (exact) mass is 340 g/mol. The van der Waals surface area contributed by atoms with E-state index in [-0.39, 0.29) is 11.6 Å². The van der Waals surface area contributed by atoms with Gasteiger partial charge in [0, 0.05) is 12.1 Å². The number of hydrogen-bond acceptors (Lipinski definition) is 4. The summed E-state index contributed by atoms with van der Waals surface area (Å²) in [5, 5.41) is 4.50. The summed E-state index contributed by atoms with van der Waals surface area (Å²) >= 11 is 0. The maximum absolute atomic E-state index is 12.5. The third-order valence-electron chi connectivity index (χ3n) is 4.15. The minimum atomic E-state index is -0.394. The van der Waals surface area contributed by atoms with E-state index in [2.05, 4.69) is 5.32 Å². The van der Waals surface area contributed by atoms with E-state index in [1.165, 1.54) is 4.90 Å². The number of methoxy groups -OCH3 is 2. The minimum absolute atomic E-state index is 0.243. The Labute approximate surface area is 146 Å². The lowest BCUT2D eigenvalue weighted by Crippen LogP contribution is -2.31. The summed E-state index contributed by atoms with van der Waals surface area (Å²) < 4.78 is 10.8. The Hall–Kier alpha value is -3.02. The van der Waals surface area contributed by atoms with Crippen LogP contribution in [-0.2, 0) is 4.79 Å². The molecule has 6 nitrogen and oxygen atoms in total. The first-order chi connectivity index (χ1) is 12.1. The Bertz CT molecular complexity index is 868. The highest BCUT2D eigenvalue weighted by atomic mass is 16.5. The van der Waals surface area contributed by atoms with E-state index in [0.29, 0.717) is 24.5 Å². The summed E-state index contributed by atoms with van der Waals surface area (Å²) in [4.78, 5) is 25.7. The van der Waals surface area contributed by atoms with Gasteiger partial charge in [-0.05, 0) is 41.5 Å². The molecule has 1 aliphatic rings. The van der Waals surface area contributed by atoms with E-state index >= 15 is 0 Å². The molecular formula is C19H20N2O4. The zero-order chi connectivity index (χ0) is 18.0. The largest absolute Gasteiger partial charge is 0.497 e. The Balaban J connectivity index is 2.14. The van der Waals surface area contributed by atoms with Crippen LogP contribution in [0.4, 0.5) is 4.79 Å². The fraction of sp³-hybridized carbons (Fsp3) is 0.263. The number of nitrogens with zero attached hydrogens (tertiary/aromatic N) is 1. The van der Waals surface area contributed by atoms with E-state index in [1.54, 1.807) is 20.3 Å². The summed E-state index contributed by atoms with van der Waals surface area (Å²) in [6.45, 7) is 2.31. The van der Waals surface area contributed by atoms with Crippen molar-refractivity contribution in [3.05, 3.63) is 41.6 Å². The van der Waals surface area contributed by atoms with Crippen molar-refractivity contribution < 1.29 is 19.1 Å². The van der Waals surface area contributed by atoms with Crippen LogP contribution in [0.2, 0.25) is 0 Å². The first kappa shape index (κ1) is 16.8. The first-order valence-electron chi connectivity index (χ1n) is 8.08. The van der Waals surface area contributed by atoms with Gasteiger partial charge >= 0.3 is 6.03 Å². The van der Waals surface area contributed by atoms with Crippen LogP contribution < -0.4 is 14.8 Å². The molecule has 0 radical (unpaired) electrons. The number of fused-ring (bicyclic) bond motifs is 1. The Kier molecular flexibility index (Phi) is 4.61. The average Bonchev–Trinajstić information content (AvgIpc) is 2.89. The normalized spacial score (nSPS) is 15.8. The molecule has 0 atom stereocenters. The standard InChI is InChI=1S/C19H20N2O4/c1-4-9-21-18(22)16(20-19(21)23)11-15-14-10-13(24-2)7-5-12(14)6-8-17(15)25-3/h5-8,10-11H,4,9H2,1-3H3,(H,20,23)/b16-11+. The molecule has 0 spiro atoms. The lowest BCUT2D eigenvalue weighted by atomic mass is 10.0. The molecule has 0 aliphatic carbocycles. The smallest absolute Gasteiger partial charge is 0.329 e. The number of ether oxygens (including phenoxy) is 2. The van der Waals surface area contributed by atoms with Crippen molar-refractivity contribution in [3.63, 3.8) is 0 Å². The molecule has 2 aromatic rings. The maximum atomic E-state index is 12.5. The Morgan fingerprint density at radius 1 is 1.12 bits per heavy atom. The lowest BCUT2D eigenvalue weighted by Gasteiger charge is -2.11. The summed E-state index contributed by atoms with van der Waals surface area (Å²) in [6.07, 6.45) is 2.37. The second-order valence-electron chi connectivity index (χ2n) is 5.71. The molecule has 3 amide bonds. The number of benzene rings is 2. The highest BCUT2D eigenvalue weighted by molar-refractivity contribution is 6.15. The van der Waals surface area contributed by atoms with Gasteiger partial charge in [0.25, 0.3) is 5.91 Å². The summed E-state index contributed by atoms with van der Waals surface area (Å²) in [7, 11) is 3.17. The number of amides is 3. The quantitative estimate of drug-likeness (QED) is 0.671. The molecule has 25 heavy (non-hydrogen) atoms. The van der Waals surface area contributed by atoms with Crippen LogP contribution in [0.5, 0.6) is 11.5 Å².